The molecule has 0 fully saturated rings. The topological polar surface area (TPSA) is 116 Å². The van der Waals surface area contributed by atoms with Gasteiger partial charge in [-0.2, -0.15) is 10.2 Å². The van der Waals surface area contributed by atoms with Crippen molar-refractivity contribution in [3.05, 3.63) is 86.6 Å². The van der Waals surface area contributed by atoms with E-state index >= 15 is 0 Å². The normalized spacial score (nSPS) is 11.5. The van der Waals surface area contributed by atoms with Crippen LogP contribution >= 0.6 is 11.6 Å². The maximum absolute atomic E-state index is 13.3. The van der Waals surface area contributed by atoms with E-state index in [-0.39, 0.29) is 23.2 Å². The second kappa shape index (κ2) is 9.52. The molecule has 10 heteroatoms. The van der Waals surface area contributed by atoms with Crippen molar-refractivity contribution in [2.24, 2.45) is 0 Å². The molecular weight excluding hydrogens is 468 g/mol. The van der Waals surface area contributed by atoms with E-state index in [1.807, 2.05) is 19.9 Å². The van der Waals surface area contributed by atoms with Gasteiger partial charge in [-0.25, -0.2) is 9.97 Å². The average Bonchev–Trinajstić information content (AvgIpc) is 2.81. The number of hydrogen-bond donors (Lipinski definition) is 1. The summed E-state index contributed by atoms with van der Waals surface area (Å²) in [6, 6.07) is 7.03. The molecule has 4 aromatic rings. The lowest BCUT2D eigenvalue weighted by atomic mass is 10.1. The molecule has 4 rings (SSSR count). The van der Waals surface area contributed by atoms with E-state index in [1.165, 1.54) is 4.57 Å². The lowest BCUT2D eigenvalue weighted by Gasteiger charge is -2.17. The minimum atomic E-state index is -1.20. The van der Waals surface area contributed by atoms with Gasteiger partial charge in [-0.3, -0.25) is 14.3 Å². The highest BCUT2D eigenvalue weighted by Gasteiger charge is 2.21. The highest BCUT2D eigenvalue weighted by atomic mass is 35.5. The molecule has 0 aromatic carbocycles. The molecule has 0 aliphatic heterocycles. The van der Waals surface area contributed by atoms with Crippen molar-refractivity contribution < 1.29 is 9.84 Å². The van der Waals surface area contributed by atoms with Gasteiger partial charge in [0.2, 0.25) is 0 Å². The minimum absolute atomic E-state index is 0.0414. The van der Waals surface area contributed by atoms with Gasteiger partial charge in [-0.05, 0) is 63.9 Å². The van der Waals surface area contributed by atoms with E-state index in [0.717, 1.165) is 11.1 Å². The zero-order chi connectivity index (χ0) is 25.3. The Bertz CT molecular complexity index is 1460. The lowest BCUT2D eigenvalue weighted by Crippen LogP contribution is -2.23. The van der Waals surface area contributed by atoms with Crippen molar-refractivity contribution in [2.75, 3.05) is 0 Å². The summed E-state index contributed by atoms with van der Waals surface area (Å²) in [6.45, 7) is 8.92. The minimum Gasteiger partial charge on any atom is -0.485 e. The van der Waals surface area contributed by atoms with Crippen molar-refractivity contribution in [1.82, 2.24) is 29.7 Å². The summed E-state index contributed by atoms with van der Waals surface area (Å²) in [7, 11) is 0. The van der Waals surface area contributed by atoms with Gasteiger partial charge in [-0.15, -0.1) is 0 Å². The van der Waals surface area contributed by atoms with Crippen LogP contribution in [0.15, 0.2) is 47.7 Å². The first kappa shape index (κ1) is 24.4. The first-order valence-corrected chi connectivity index (χ1v) is 11.3. The van der Waals surface area contributed by atoms with Crippen molar-refractivity contribution in [1.29, 1.82) is 0 Å². The quantitative estimate of drug-likeness (QED) is 0.431. The first-order valence-electron chi connectivity index (χ1n) is 10.9. The molecule has 0 radical (unpaired) electrons. The Morgan fingerprint density at radius 1 is 1.09 bits per heavy atom. The van der Waals surface area contributed by atoms with E-state index < -0.39 is 11.2 Å². The zero-order valence-corrected chi connectivity index (χ0v) is 20.8. The van der Waals surface area contributed by atoms with Crippen molar-refractivity contribution >= 4 is 11.6 Å². The number of aryl methyl sites for hydroxylation is 3. The van der Waals surface area contributed by atoms with Crippen LogP contribution in [-0.4, -0.2) is 34.8 Å². The fourth-order valence-corrected chi connectivity index (χ4v) is 3.71. The van der Waals surface area contributed by atoms with Crippen LogP contribution in [0.4, 0.5) is 0 Å². The van der Waals surface area contributed by atoms with Crippen LogP contribution < -0.4 is 10.3 Å². The second-order valence-corrected chi connectivity index (χ2v) is 9.18. The van der Waals surface area contributed by atoms with Gasteiger partial charge in [0.1, 0.15) is 28.7 Å². The Balaban J connectivity index is 1.72. The predicted molar refractivity (Wildman–Crippen MR) is 132 cm³/mol. The molecule has 0 spiro atoms. The van der Waals surface area contributed by atoms with Crippen molar-refractivity contribution in [2.45, 2.75) is 46.8 Å². The number of hydrogen-bond acceptors (Lipinski definition) is 8. The van der Waals surface area contributed by atoms with Crippen LogP contribution in [0.25, 0.3) is 17.1 Å². The summed E-state index contributed by atoms with van der Waals surface area (Å²) >= 11 is 6.44. The monoisotopic (exact) mass is 492 g/mol. The maximum Gasteiger partial charge on any atom is 0.277 e. The number of nitrogens with zero attached hydrogens (tertiary/aromatic N) is 6. The summed E-state index contributed by atoms with van der Waals surface area (Å²) in [5, 5.41) is 18.2. The summed E-state index contributed by atoms with van der Waals surface area (Å²) in [4.78, 5) is 26.4. The molecule has 4 aromatic heterocycles. The number of aliphatic hydroxyl groups is 1. The van der Waals surface area contributed by atoms with Crippen LogP contribution in [0.5, 0.6) is 5.75 Å². The number of halogens is 1. The number of rotatable bonds is 6. The first-order chi connectivity index (χ1) is 16.5. The standard InChI is InChI=1S/C25H25ClN6O3/c1-14-8-17(31-29-11-14)13-35-21-9-16(3)32(23(33)22(21)26)20-10-19(28-12-15(20)2)18-6-7-27-24(30-18)25(4,5)34/h6-12,34H,13H2,1-5H3. The molecule has 0 saturated heterocycles. The molecule has 0 bridgehead atoms. The summed E-state index contributed by atoms with van der Waals surface area (Å²) < 4.78 is 7.31. The van der Waals surface area contributed by atoms with Gasteiger partial charge < -0.3 is 9.84 Å². The Morgan fingerprint density at radius 3 is 2.57 bits per heavy atom. The van der Waals surface area contributed by atoms with Crippen LogP contribution in [-0.2, 0) is 12.2 Å². The molecule has 0 amide bonds. The highest BCUT2D eigenvalue weighted by Crippen LogP contribution is 2.27. The van der Waals surface area contributed by atoms with E-state index in [1.54, 1.807) is 57.6 Å². The second-order valence-electron chi connectivity index (χ2n) is 8.80. The number of aromatic nitrogens is 6. The van der Waals surface area contributed by atoms with Gasteiger partial charge in [-0.1, -0.05) is 11.6 Å². The fraction of sp³-hybridized carbons (Fsp3) is 0.280. The average molecular weight is 493 g/mol. The summed E-state index contributed by atoms with van der Waals surface area (Å²) in [5.74, 6) is 0.543. The molecule has 0 atom stereocenters. The third-order valence-corrected chi connectivity index (χ3v) is 5.65. The molecular formula is C25H25ClN6O3. The van der Waals surface area contributed by atoms with E-state index in [0.29, 0.717) is 28.5 Å². The van der Waals surface area contributed by atoms with E-state index in [2.05, 4.69) is 25.1 Å². The molecule has 1 N–H and O–H groups in total. The Kier molecular flexibility index (Phi) is 6.64. The molecule has 180 valence electrons. The number of ether oxygens (including phenoxy) is 1. The van der Waals surface area contributed by atoms with Crippen molar-refractivity contribution in [3.8, 4) is 22.8 Å². The van der Waals surface area contributed by atoms with Crippen molar-refractivity contribution in [3.63, 3.8) is 0 Å². The smallest absolute Gasteiger partial charge is 0.277 e. The number of pyridine rings is 2. The molecule has 0 aliphatic carbocycles. The predicted octanol–water partition coefficient (Wildman–Crippen LogP) is 3.86. The van der Waals surface area contributed by atoms with Gasteiger partial charge in [0.25, 0.3) is 5.56 Å². The molecule has 0 aliphatic rings. The van der Waals surface area contributed by atoms with Gasteiger partial charge in [0, 0.05) is 24.2 Å². The molecule has 0 unspecified atom stereocenters. The molecule has 0 saturated carbocycles. The lowest BCUT2D eigenvalue weighted by molar-refractivity contribution is 0.0688. The molecule has 4 heterocycles. The van der Waals surface area contributed by atoms with E-state index in [4.69, 9.17) is 16.3 Å². The summed E-state index contributed by atoms with van der Waals surface area (Å²) in [5.41, 5.74) is 3.03. The van der Waals surface area contributed by atoms with Gasteiger partial charge in [0.15, 0.2) is 5.82 Å². The third kappa shape index (κ3) is 5.21. The highest BCUT2D eigenvalue weighted by molar-refractivity contribution is 6.31. The Morgan fingerprint density at radius 2 is 1.86 bits per heavy atom. The van der Waals surface area contributed by atoms with Crippen LogP contribution in [0.2, 0.25) is 5.02 Å². The van der Waals surface area contributed by atoms with Crippen LogP contribution in [0.1, 0.15) is 42.2 Å². The van der Waals surface area contributed by atoms with E-state index in [9.17, 15) is 9.90 Å². The van der Waals surface area contributed by atoms with Crippen LogP contribution in [0, 0.1) is 20.8 Å². The van der Waals surface area contributed by atoms with Gasteiger partial charge in [0.05, 0.1) is 23.3 Å². The molecule has 35 heavy (non-hydrogen) atoms. The fourth-order valence-electron chi connectivity index (χ4n) is 3.52. The maximum atomic E-state index is 13.3. The SMILES string of the molecule is Cc1cnnc(COc2cc(C)n(-c3cc(-c4ccnc(C(C)(C)O)n4)ncc3C)c(=O)c2Cl)c1. The Labute approximate surface area is 207 Å². The zero-order valence-electron chi connectivity index (χ0n) is 20.1. The molecule has 9 nitrogen and oxygen atoms in total. The Hall–Kier alpha value is -3.69. The summed E-state index contributed by atoms with van der Waals surface area (Å²) in [6.07, 6.45) is 4.88. The van der Waals surface area contributed by atoms with Crippen LogP contribution in [0.3, 0.4) is 0 Å². The van der Waals surface area contributed by atoms with Gasteiger partial charge >= 0.3 is 0 Å². The largest absolute Gasteiger partial charge is 0.485 e. The third-order valence-electron chi connectivity index (χ3n) is 5.30.